The van der Waals surface area contributed by atoms with Crippen LogP contribution in [0.3, 0.4) is 0 Å². The molecule has 0 fully saturated rings. The Morgan fingerprint density at radius 1 is 1.15 bits per heavy atom. The molecule has 138 valence electrons. The van der Waals surface area contributed by atoms with Crippen LogP contribution >= 0.6 is 12.2 Å². The highest BCUT2D eigenvalue weighted by Crippen LogP contribution is 2.14. The zero-order valence-electron chi connectivity index (χ0n) is 15.4. The summed E-state index contributed by atoms with van der Waals surface area (Å²) in [5.41, 5.74) is 6.13. The standard InChI is InChI=1S/C20H25N3O2S/c1-15-4-6-18(7-5-15)14-25-19-10-8-17(9-11-19)12-21-23-20(26)22-16(2)13-24-3/h4-12,16H,13-14H2,1-3H3,(H2,22,23,26)/b21-12-/t16-/m0/s1. The Kier molecular flexibility index (Phi) is 8.05. The highest BCUT2D eigenvalue weighted by molar-refractivity contribution is 7.80. The number of nitrogens with one attached hydrogen (secondary N) is 2. The zero-order chi connectivity index (χ0) is 18.8. The van der Waals surface area contributed by atoms with Gasteiger partial charge in [-0.25, -0.2) is 0 Å². The van der Waals surface area contributed by atoms with E-state index in [4.69, 9.17) is 21.7 Å². The van der Waals surface area contributed by atoms with Crippen molar-refractivity contribution in [3.8, 4) is 5.75 Å². The number of thiocarbonyl (C=S) groups is 1. The van der Waals surface area contributed by atoms with Gasteiger partial charge in [0.1, 0.15) is 12.4 Å². The average Bonchev–Trinajstić information content (AvgIpc) is 2.62. The van der Waals surface area contributed by atoms with Crippen molar-refractivity contribution < 1.29 is 9.47 Å². The number of hydrogen-bond donors (Lipinski definition) is 2. The van der Waals surface area contributed by atoms with E-state index < -0.39 is 0 Å². The topological polar surface area (TPSA) is 54.9 Å². The summed E-state index contributed by atoms with van der Waals surface area (Å²) < 4.78 is 10.8. The maximum Gasteiger partial charge on any atom is 0.187 e. The number of nitrogens with zero attached hydrogens (tertiary/aromatic N) is 1. The summed E-state index contributed by atoms with van der Waals surface area (Å²) in [5, 5.41) is 7.66. The molecule has 0 amide bonds. The average molecular weight is 372 g/mol. The lowest BCUT2D eigenvalue weighted by molar-refractivity contribution is 0.179. The van der Waals surface area contributed by atoms with Gasteiger partial charge in [-0.15, -0.1) is 0 Å². The van der Waals surface area contributed by atoms with Crippen LogP contribution in [0.25, 0.3) is 0 Å². The number of benzene rings is 2. The van der Waals surface area contributed by atoms with Crippen molar-refractivity contribution in [2.75, 3.05) is 13.7 Å². The Labute approximate surface area is 160 Å². The molecular weight excluding hydrogens is 346 g/mol. The molecule has 0 heterocycles. The molecule has 0 saturated heterocycles. The minimum absolute atomic E-state index is 0.125. The van der Waals surface area contributed by atoms with Gasteiger partial charge in [0.05, 0.1) is 12.8 Å². The van der Waals surface area contributed by atoms with Crippen LogP contribution in [0.15, 0.2) is 53.6 Å². The Balaban J connectivity index is 1.77. The summed E-state index contributed by atoms with van der Waals surface area (Å²) >= 11 is 5.16. The molecule has 2 aromatic rings. The monoisotopic (exact) mass is 371 g/mol. The maximum atomic E-state index is 5.79. The van der Waals surface area contributed by atoms with E-state index in [1.54, 1.807) is 13.3 Å². The van der Waals surface area contributed by atoms with E-state index in [2.05, 4.69) is 47.0 Å². The molecule has 1 atom stereocenters. The van der Waals surface area contributed by atoms with E-state index in [-0.39, 0.29) is 6.04 Å². The Morgan fingerprint density at radius 2 is 1.85 bits per heavy atom. The van der Waals surface area contributed by atoms with Crippen LogP contribution in [0.4, 0.5) is 0 Å². The van der Waals surface area contributed by atoms with Gasteiger partial charge in [0.2, 0.25) is 0 Å². The Hall–Kier alpha value is -2.44. The Morgan fingerprint density at radius 3 is 2.50 bits per heavy atom. The molecule has 2 rings (SSSR count). The van der Waals surface area contributed by atoms with E-state index in [0.29, 0.717) is 18.3 Å². The number of aryl methyl sites for hydroxylation is 1. The molecule has 0 aliphatic heterocycles. The first-order valence-corrected chi connectivity index (χ1v) is 8.84. The maximum absolute atomic E-state index is 5.79. The molecule has 5 nitrogen and oxygen atoms in total. The summed E-state index contributed by atoms with van der Waals surface area (Å²) in [5.74, 6) is 0.821. The zero-order valence-corrected chi connectivity index (χ0v) is 16.2. The van der Waals surface area contributed by atoms with Gasteiger partial charge in [-0.1, -0.05) is 29.8 Å². The summed E-state index contributed by atoms with van der Waals surface area (Å²) in [6, 6.07) is 16.2. The minimum atomic E-state index is 0.125. The first-order valence-electron chi connectivity index (χ1n) is 8.43. The minimum Gasteiger partial charge on any atom is -0.489 e. The normalized spacial score (nSPS) is 12.0. The van der Waals surface area contributed by atoms with Crippen molar-refractivity contribution in [2.45, 2.75) is 26.5 Å². The van der Waals surface area contributed by atoms with Gasteiger partial charge >= 0.3 is 0 Å². The van der Waals surface area contributed by atoms with E-state index in [1.807, 2.05) is 31.2 Å². The van der Waals surface area contributed by atoms with Gasteiger partial charge in [-0.3, -0.25) is 5.43 Å². The molecule has 0 aromatic heterocycles. The highest BCUT2D eigenvalue weighted by atomic mass is 32.1. The Bertz CT molecular complexity index is 715. The van der Waals surface area contributed by atoms with Gasteiger partial charge in [0.25, 0.3) is 0 Å². The lowest BCUT2D eigenvalue weighted by Crippen LogP contribution is -2.40. The fraction of sp³-hybridized carbons (Fsp3) is 0.300. The molecular formula is C20H25N3O2S. The molecule has 2 N–H and O–H groups in total. The first kappa shape index (κ1) is 19.9. The highest BCUT2D eigenvalue weighted by Gasteiger charge is 2.02. The number of ether oxygens (including phenoxy) is 2. The molecule has 0 saturated carbocycles. The van der Waals surface area contributed by atoms with E-state index in [0.717, 1.165) is 16.9 Å². The van der Waals surface area contributed by atoms with Gasteiger partial charge < -0.3 is 14.8 Å². The van der Waals surface area contributed by atoms with Crippen LogP contribution in [0.5, 0.6) is 5.75 Å². The summed E-state index contributed by atoms with van der Waals surface area (Å²) in [7, 11) is 1.65. The van der Waals surface area contributed by atoms with Crippen LogP contribution in [-0.4, -0.2) is 31.1 Å². The first-order chi connectivity index (χ1) is 12.6. The quantitative estimate of drug-likeness (QED) is 0.423. The molecule has 0 unspecified atom stereocenters. The molecule has 0 aliphatic rings. The summed E-state index contributed by atoms with van der Waals surface area (Å²) in [6.07, 6.45) is 1.71. The van der Waals surface area contributed by atoms with Crippen molar-refractivity contribution in [1.29, 1.82) is 0 Å². The third-order valence-corrected chi connectivity index (χ3v) is 3.79. The van der Waals surface area contributed by atoms with Crippen molar-refractivity contribution in [2.24, 2.45) is 5.10 Å². The van der Waals surface area contributed by atoms with Crippen LogP contribution < -0.4 is 15.5 Å². The SMILES string of the molecule is COC[C@H](C)NC(=S)N/N=C\c1ccc(OCc2ccc(C)cc2)cc1. The van der Waals surface area contributed by atoms with E-state index in [1.165, 1.54) is 5.56 Å². The van der Waals surface area contributed by atoms with Gasteiger partial charge in [0.15, 0.2) is 5.11 Å². The van der Waals surface area contributed by atoms with Crippen LogP contribution in [0.1, 0.15) is 23.6 Å². The second-order valence-electron chi connectivity index (χ2n) is 6.04. The van der Waals surface area contributed by atoms with Crippen molar-refractivity contribution in [1.82, 2.24) is 10.7 Å². The largest absolute Gasteiger partial charge is 0.489 e. The lowest BCUT2D eigenvalue weighted by atomic mass is 10.2. The third kappa shape index (κ3) is 7.21. The van der Waals surface area contributed by atoms with E-state index in [9.17, 15) is 0 Å². The molecule has 6 heteroatoms. The van der Waals surface area contributed by atoms with Crippen molar-refractivity contribution in [3.05, 3.63) is 65.2 Å². The van der Waals surface area contributed by atoms with Crippen LogP contribution in [-0.2, 0) is 11.3 Å². The fourth-order valence-electron chi connectivity index (χ4n) is 2.21. The van der Waals surface area contributed by atoms with Crippen molar-refractivity contribution in [3.63, 3.8) is 0 Å². The molecule has 0 radical (unpaired) electrons. The predicted octanol–water partition coefficient (Wildman–Crippen LogP) is 3.41. The second-order valence-corrected chi connectivity index (χ2v) is 6.45. The van der Waals surface area contributed by atoms with E-state index >= 15 is 0 Å². The van der Waals surface area contributed by atoms with Crippen LogP contribution in [0, 0.1) is 6.92 Å². The van der Waals surface area contributed by atoms with Gasteiger partial charge in [0, 0.05) is 13.2 Å². The van der Waals surface area contributed by atoms with Crippen molar-refractivity contribution >= 4 is 23.5 Å². The second kappa shape index (κ2) is 10.5. The summed E-state index contributed by atoms with van der Waals surface area (Å²) in [4.78, 5) is 0. The lowest BCUT2D eigenvalue weighted by Gasteiger charge is -2.13. The third-order valence-electron chi connectivity index (χ3n) is 3.58. The smallest absolute Gasteiger partial charge is 0.187 e. The number of rotatable bonds is 8. The molecule has 0 spiro atoms. The number of hydrogen-bond acceptors (Lipinski definition) is 4. The predicted molar refractivity (Wildman–Crippen MR) is 110 cm³/mol. The molecule has 26 heavy (non-hydrogen) atoms. The molecule has 0 bridgehead atoms. The number of methoxy groups -OCH3 is 1. The summed E-state index contributed by atoms with van der Waals surface area (Å²) in [6.45, 7) is 5.18. The van der Waals surface area contributed by atoms with Gasteiger partial charge in [-0.05, 0) is 61.5 Å². The fourth-order valence-corrected chi connectivity index (χ4v) is 2.47. The van der Waals surface area contributed by atoms with Crippen LogP contribution in [0.2, 0.25) is 0 Å². The molecule has 2 aromatic carbocycles. The van der Waals surface area contributed by atoms with Gasteiger partial charge in [-0.2, -0.15) is 5.10 Å². The number of hydrazone groups is 1. The molecule has 0 aliphatic carbocycles.